The summed E-state index contributed by atoms with van der Waals surface area (Å²) < 4.78 is 7.25. The van der Waals surface area contributed by atoms with Gasteiger partial charge in [0.15, 0.2) is 5.82 Å². The van der Waals surface area contributed by atoms with Gasteiger partial charge >= 0.3 is 0 Å². The fraction of sp³-hybridized carbons (Fsp3) is 0.111. The number of carbonyl (C=O) groups is 2. The van der Waals surface area contributed by atoms with Crippen LogP contribution in [0.4, 0.5) is 5.69 Å². The van der Waals surface area contributed by atoms with Crippen molar-refractivity contribution in [2.75, 3.05) is 12.4 Å². The van der Waals surface area contributed by atoms with Crippen molar-refractivity contribution < 1.29 is 14.3 Å². The average Bonchev–Trinajstić information content (AvgIpc) is 3.08. The first-order chi connectivity index (χ1) is 13.3. The summed E-state index contributed by atoms with van der Waals surface area (Å²) in [7, 11) is 1.43. The molecule has 0 unspecified atom stereocenters. The van der Waals surface area contributed by atoms with Crippen molar-refractivity contribution >= 4 is 51.7 Å². The maximum Gasteiger partial charge on any atom is 0.274 e. The lowest BCUT2D eigenvalue weighted by Crippen LogP contribution is -2.22. The van der Waals surface area contributed by atoms with E-state index in [2.05, 4.69) is 38.0 Å². The van der Waals surface area contributed by atoms with Gasteiger partial charge in [-0.2, -0.15) is 0 Å². The molecular formula is C18H15ClIN5O3. The molecule has 0 bridgehead atoms. The van der Waals surface area contributed by atoms with Gasteiger partial charge in [0.2, 0.25) is 5.88 Å². The summed E-state index contributed by atoms with van der Waals surface area (Å²) in [5.74, 6) is -0.687. The van der Waals surface area contributed by atoms with Crippen LogP contribution in [0.25, 0.3) is 5.82 Å². The van der Waals surface area contributed by atoms with Crippen LogP contribution in [0.5, 0.6) is 5.88 Å². The normalized spacial score (nSPS) is 10.6. The van der Waals surface area contributed by atoms with Crippen molar-refractivity contribution in [2.45, 2.75) is 6.92 Å². The topological polar surface area (TPSA) is 112 Å². The number of nitrogens with one attached hydrogen (secondary N) is 1. The Labute approximate surface area is 179 Å². The van der Waals surface area contributed by atoms with E-state index in [0.717, 1.165) is 3.57 Å². The molecule has 2 amide bonds. The smallest absolute Gasteiger partial charge is 0.274 e. The standard InChI is InChI=1S/C18H15ClIN5O3/c1-9-6-10(20)7-11(16(21)26)15(9)23-18(27)13-8-14(28-2)24-25(13)17-12(19)4-3-5-22-17/h3-8H,1-2H3,(H2,21,26)(H,23,27). The maximum absolute atomic E-state index is 13.0. The largest absolute Gasteiger partial charge is 0.480 e. The van der Waals surface area contributed by atoms with Gasteiger partial charge in [-0.25, -0.2) is 9.67 Å². The third-order valence-electron chi connectivity index (χ3n) is 3.87. The summed E-state index contributed by atoms with van der Waals surface area (Å²) in [6.45, 7) is 1.78. The zero-order valence-electron chi connectivity index (χ0n) is 14.9. The number of aromatic nitrogens is 3. The number of pyridine rings is 1. The van der Waals surface area contributed by atoms with Crippen LogP contribution >= 0.6 is 34.2 Å². The summed E-state index contributed by atoms with van der Waals surface area (Å²) in [6, 6.07) is 8.19. The number of nitrogens with two attached hydrogens (primary N) is 1. The molecule has 28 heavy (non-hydrogen) atoms. The highest BCUT2D eigenvalue weighted by atomic mass is 127. The molecule has 3 aromatic rings. The Hall–Kier alpha value is -2.66. The van der Waals surface area contributed by atoms with Crippen LogP contribution in [0.1, 0.15) is 26.4 Å². The number of hydrogen-bond donors (Lipinski definition) is 2. The second kappa shape index (κ2) is 8.15. The van der Waals surface area contributed by atoms with Gasteiger partial charge in [-0.05, 0) is 59.3 Å². The molecule has 8 nitrogen and oxygen atoms in total. The van der Waals surface area contributed by atoms with Crippen LogP contribution < -0.4 is 15.8 Å². The first kappa shape index (κ1) is 20.1. The van der Waals surface area contributed by atoms with Crippen LogP contribution in [0, 0.1) is 10.5 Å². The van der Waals surface area contributed by atoms with Crippen LogP contribution in [0.3, 0.4) is 0 Å². The Kier molecular flexibility index (Phi) is 5.84. The van der Waals surface area contributed by atoms with Crippen LogP contribution in [0.2, 0.25) is 5.02 Å². The number of benzene rings is 1. The van der Waals surface area contributed by atoms with Crippen molar-refractivity contribution in [3.05, 3.63) is 61.9 Å². The Morgan fingerprint density at radius 1 is 1.32 bits per heavy atom. The molecule has 2 heterocycles. The number of hydrogen-bond acceptors (Lipinski definition) is 5. The van der Waals surface area contributed by atoms with Gasteiger partial charge in [0.1, 0.15) is 5.69 Å². The molecule has 0 saturated carbocycles. The molecule has 0 fully saturated rings. The molecule has 0 saturated heterocycles. The van der Waals surface area contributed by atoms with Crippen LogP contribution in [0.15, 0.2) is 36.5 Å². The molecule has 144 valence electrons. The van der Waals surface area contributed by atoms with Crippen molar-refractivity contribution in [2.24, 2.45) is 5.73 Å². The molecular weight excluding hydrogens is 497 g/mol. The van der Waals surface area contributed by atoms with Gasteiger partial charge in [-0.3, -0.25) is 9.59 Å². The maximum atomic E-state index is 13.0. The number of carbonyl (C=O) groups excluding carboxylic acids is 2. The highest BCUT2D eigenvalue weighted by Crippen LogP contribution is 2.26. The van der Waals surface area contributed by atoms with Gasteiger partial charge in [0.05, 0.1) is 23.4 Å². The van der Waals surface area contributed by atoms with E-state index >= 15 is 0 Å². The van der Waals surface area contributed by atoms with Crippen molar-refractivity contribution in [1.82, 2.24) is 14.8 Å². The molecule has 0 radical (unpaired) electrons. The van der Waals surface area contributed by atoms with Gasteiger partial charge < -0.3 is 15.8 Å². The Morgan fingerprint density at radius 3 is 2.71 bits per heavy atom. The number of aryl methyl sites for hydroxylation is 1. The number of ether oxygens (including phenoxy) is 1. The van der Waals surface area contributed by atoms with Crippen molar-refractivity contribution in [3.8, 4) is 11.7 Å². The van der Waals surface area contributed by atoms with E-state index in [-0.39, 0.29) is 23.0 Å². The molecule has 1 aromatic carbocycles. The minimum Gasteiger partial charge on any atom is -0.480 e. The highest BCUT2D eigenvalue weighted by molar-refractivity contribution is 14.1. The molecule has 2 aromatic heterocycles. The van der Waals surface area contributed by atoms with Gasteiger partial charge in [-0.15, -0.1) is 5.10 Å². The van der Waals surface area contributed by atoms with E-state index < -0.39 is 11.8 Å². The number of amides is 2. The van der Waals surface area contributed by atoms with E-state index in [9.17, 15) is 9.59 Å². The minimum atomic E-state index is -0.643. The number of anilines is 1. The van der Waals surface area contributed by atoms with Crippen molar-refractivity contribution in [1.29, 1.82) is 0 Å². The molecule has 0 spiro atoms. The quantitative estimate of drug-likeness (QED) is 0.511. The molecule has 0 atom stereocenters. The van der Waals surface area contributed by atoms with E-state index in [0.29, 0.717) is 16.3 Å². The Bertz CT molecular complexity index is 1080. The zero-order chi connectivity index (χ0) is 20.4. The molecule has 0 aliphatic rings. The van der Waals surface area contributed by atoms with Crippen LogP contribution in [-0.4, -0.2) is 33.7 Å². The number of primary amides is 1. The predicted octanol–water partition coefficient (Wildman–Crippen LogP) is 3.19. The monoisotopic (exact) mass is 511 g/mol. The second-order valence-corrected chi connectivity index (χ2v) is 7.41. The third-order valence-corrected chi connectivity index (χ3v) is 4.79. The van der Waals surface area contributed by atoms with E-state index in [4.69, 9.17) is 22.1 Å². The first-order valence-electron chi connectivity index (χ1n) is 7.98. The Balaban J connectivity index is 2.07. The number of nitrogens with zero attached hydrogens (tertiary/aromatic N) is 3. The number of halogens is 2. The lowest BCUT2D eigenvalue weighted by molar-refractivity contribution is 0.100. The van der Waals surface area contributed by atoms with Gasteiger partial charge in [-0.1, -0.05) is 11.6 Å². The minimum absolute atomic E-state index is 0.130. The molecule has 3 rings (SSSR count). The highest BCUT2D eigenvalue weighted by Gasteiger charge is 2.22. The summed E-state index contributed by atoms with van der Waals surface area (Å²) in [5, 5.41) is 7.26. The second-order valence-electron chi connectivity index (χ2n) is 5.76. The Morgan fingerprint density at radius 2 is 2.07 bits per heavy atom. The lowest BCUT2D eigenvalue weighted by Gasteiger charge is -2.13. The summed E-state index contributed by atoms with van der Waals surface area (Å²) >= 11 is 8.28. The van der Waals surface area contributed by atoms with E-state index in [1.54, 1.807) is 25.1 Å². The SMILES string of the molecule is COc1cc(C(=O)Nc2c(C)cc(I)cc2C(N)=O)n(-c2ncccc2Cl)n1. The van der Waals surface area contributed by atoms with E-state index in [1.165, 1.54) is 24.1 Å². The summed E-state index contributed by atoms with van der Waals surface area (Å²) in [4.78, 5) is 29.0. The lowest BCUT2D eigenvalue weighted by atomic mass is 10.1. The fourth-order valence-electron chi connectivity index (χ4n) is 2.60. The fourth-order valence-corrected chi connectivity index (χ4v) is 3.58. The molecule has 0 aliphatic heterocycles. The molecule has 3 N–H and O–H groups in total. The third kappa shape index (κ3) is 3.94. The zero-order valence-corrected chi connectivity index (χ0v) is 17.8. The summed E-state index contributed by atoms with van der Waals surface area (Å²) in [5.41, 5.74) is 6.85. The van der Waals surface area contributed by atoms with E-state index in [1.807, 2.05) is 6.07 Å². The van der Waals surface area contributed by atoms with Gasteiger partial charge in [0.25, 0.3) is 11.8 Å². The average molecular weight is 512 g/mol. The van der Waals surface area contributed by atoms with Crippen molar-refractivity contribution in [3.63, 3.8) is 0 Å². The first-order valence-corrected chi connectivity index (χ1v) is 9.43. The van der Waals surface area contributed by atoms with Crippen LogP contribution in [-0.2, 0) is 0 Å². The predicted molar refractivity (Wildman–Crippen MR) is 113 cm³/mol. The number of rotatable bonds is 5. The molecule has 0 aliphatic carbocycles. The summed E-state index contributed by atoms with van der Waals surface area (Å²) in [6.07, 6.45) is 1.53. The van der Waals surface area contributed by atoms with Gasteiger partial charge in [0, 0.05) is 15.8 Å². The number of methoxy groups -OCH3 is 1. The molecule has 10 heteroatoms.